The average Bonchev–Trinajstić information content (AvgIpc) is 3.27. The highest BCUT2D eigenvalue weighted by Gasteiger charge is 2.51. The monoisotopic (exact) mass is 361 g/mol. The van der Waals surface area contributed by atoms with E-state index in [0.717, 1.165) is 12.0 Å². The second kappa shape index (κ2) is 6.05. The van der Waals surface area contributed by atoms with Gasteiger partial charge in [-0.15, -0.1) is 0 Å². The standard InChI is InChI=1S/C20H25F2N3O/c1-11(2)16-13-7-8-14(16)17-12(13)5-4-6-15(17)23-19(26)20(18(21)22)9-10-25(3)24-20/h4-6,9-11,13-14,16,18,24H,7-8H2,1-3H3,(H,23,26). The number of hydrogen-bond donors (Lipinski definition) is 2. The molecule has 0 saturated heterocycles. The van der Waals surface area contributed by atoms with Crippen molar-refractivity contribution in [3.63, 3.8) is 0 Å². The normalized spacial score (nSPS) is 32.0. The zero-order chi connectivity index (χ0) is 18.6. The first-order valence-electron chi connectivity index (χ1n) is 9.27. The van der Waals surface area contributed by atoms with Crippen molar-refractivity contribution in [1.29, 1.82) is 0 Å². The van der Waals surface area contributed by atoms with E-state index in [9.17, 15) is 13.6 Å². The maximum atomic E-state index is 13.7. The first-order valence-corrected chi connectivity index (χ1v) is 9.27. The van der Waals surface area contributed by atoms with Gasteiger partial charge >= 0.3 is 0 Å². The molecule has 26 heavy (non-hydrogen) atoms. The number of fused-ring (bicyclic) bond motifs is 5. The third-order valence-corrected chi connectivity index (χ3v) is 6.29. The van der Waals surface area contributed by atoms with Crippen molar-refractivity contribution in [2.45, 2.75) is 50.5 Å². The molecule has 1 aromatic carbocycles. The second-order valence-electron chi connectivity index (χ2n) is 8.08. The Labute approximate surface area is 152 Å². The molecular formula is C20H25F2N3O. The van der Waals surface area contributed by atoms with Gasteiger partial charge in [-0.25, -0.2) is 14.2 Å². The fraction of sp³-hybridized carbons (Fsp3) is 0.550. The molecule has 6 heteroatoms. The van der Waals surface area contributed by atoms with Crippen LogP contribution < -0.4 is 10.7 Å². The topological polar surface area (TPSA) is 44.4 Å². The maximum Gasteiger partial charge on any atom is 0.270 e. The summed E-state index contributed by atoms with van der Waals surface area (Å²) in [5, 5.41) is 4.20. The molecule has 2 bridgehead atoms. The van der Waals surface area contributed by atoms with Gasteiger partial charge in [-0.1, -0.05) is 26.0 Å². The van der Waals surface area contributed by atoms with Gasteiger partial charge in [0, 0.05) is 18.9 Å². The summed E-state index contributed by atoms with van der Waals surface area (Å²) in [6, 6.07) is 5.90. The molecule has 2 aliphatic carbocycles. The predicted molar refractivity (Wildman–Crippen MR) is 96.9 cm³/mol. The summed E-state index contributed by atoms with van der Waals surface area (Å²) in [5.74, 6) is 1.34. The number of alkyl halides is 2. The summed E-state index contributed by atoms with van der Waals surface area (Å²) < 4.78 is 27.4. The number of hydrazine groups is 1. The fourth-order valence-electron chi connectivity index (χ4n) is 5.25. The van der Waals surface area contributed by atoms with Gasteiger partial charge in [0.25, 0.3) is 12.3 Å². The lowest BCUT2D eigenvalue weighted by molar-refractivity contribution is -0.127. The summed E-state index contributed by atoms with van der Waals surface area (Å²) >= 11 is 0. The Balaban J connectivity index is 1.66. The van der Waals surface area contributed by atoms with Crippen molar-refractivity contribution < 1.29 is 13.6 Å². The fourth-order valence-corrected chi connectivity index (χ4v) is 5.25. The van der Waals surface area contributed by atoms with Crippen molar-refractivity contribution in [3.8, 4) is 0 Å². The number of halogens is 2. The lowest BCUT2D eigenvalue weighted by Gasteiger charge is -2.29. The first-order chi connectivity index (χ1) is 12.3. The number of hydrogen-bond acceptors (Lipinski definition) is 3. The quantitative estimate of drug-likeness (QED) is 0.856. The van der Waals surface area contributed by atoms with Crippen molar-refractivity contribution >= 4 is 11.6 Å². The van der Waals surface area contributed by atoms with Crippen molar-refractivity contribution in [2.24, 2.45) is 11.8 Å². The number of carbonyl (C=O) groups excluding carboxylic acids is 1. The molecule has 140 valence electrons. The first kappa shape index (κ1) is 17.5. The van der Waals surface area contributed by atoms with Crippen LogP contribution in [0.4, 0.5) is 14.5 Å². The molecule has 4 rings (SSSR count). The molecule has 4 nitrogen and oxygen atoms in total. The van der Waals surface area contributed by atoms with Crippen LogP contribution in [0.3, 0.4) is 0 Å². The van der Waals surface area contributed by atoms with Gasteiger partial charge in [0.15, 0.2) is 5.54 Å². The Morgan fingerprint density at radius 1 is 1.31 bits per heavy atom. The molecule has 1 fully saturated rings. The van der Waals surface area contributed by atoms with E-state index in [1.807, 2.05) is 12.1 Å². The molecule has 2 N–H and O–H groups in total. The van der Waals surface area contributed by atoms with Gasteiger partial charge in [0.05, 0.1) is 0 Å². The van der Waals surface area contributed by atoms with Crippen LogP contribution in [0, 0.1) is 11.8 Å². The Hall–Kier alpha value is -1.95. The van der Waals surface area contributed by atoms with Gasteiger partial charge in [-0.05, 0) is 59.8 Å². The highest BCUT2D eigenvalue weighted by molar-refractivity contribution is 6.01. The molecule has 0 radical (unpaired) electrons. The Kier molecular flexibility index (Phi) is 4.06. The van der Waals surface area contributed by atoms with E-state index in [-0.39, 0.29) is 0 Å². The van der Waals surface area contributed by atoms with E-state index in [2.05, 4.69) is 30.7 Å². The van der Waals surface area contributed by atoms with E-state index < -0.39 is 17.9 Å². The predicted octanol–water partition coefficient (Wildman–Crippen LogP) is 3.84. The largest absolute Gasteiger partial charge is 0.324 e. The van der Waals surface area contributed by atoms with Gasteiger partial charge < -0.3 is 10.3 Å². The number of amides is 1. The molecule has 4 unspecified atom stereocenters. The van der Waals surface area contributed by atoms with Crippen molar-refractivity contribution in [3.05, 3.63) is 41.6 Å². The zero-order valence-electron chi connectivity index (χ0n) is 15.3. The number of nitrogens with one attached hydrogen (secondary N) is 2. The minimum atomic E-state index is -2.85. The van der Waals surface area contributed by atoms with Crippen LogP contribution in [-0.2, 0) is 4.79 Å². The molecule has 4 atom stereocenters. The number of benzene rings is 1. The van der Waals surface area contributed by atoms with E-state index in [4.69, 9.17) is 0 Å². The van der Waals surface area contributed by atoms with Crippen molar-refractivity contribution in [1.82, 2.24) is 10.4 Å². The van der Waals surface area contributed by atoms with Crippen LogP contribution in [0.5, 0.6) is 0 Å². The smallest absolute Gasteiger partial charge is 0.270 e. The molecule has 0 aromatic heterocycles. The highest BCUT2D eigenvalue weighted by atomic mass is 19.3. The highest BCUT2D eigenvalue weighted by Crippen LogP contribution is 2.61. The third kappa shape index (κ3) is 2.38. The Morgan fingerprint density at radius 3 is 2.65 bits per heavy atom. The van der Waals surface area contributed by atoms with Crippen molar-refractivity contribution in [2.75, 3.05) is 12.4 Å². The van der Waals surface area contributed by atoms with Crippen LogP contribution in [-0.4, -0.2) is 29.9 Å². The van der Waals surface area contributed by atoms with Gasteiger partial charge in [0.1, 0.15) is 0 Å². The number of carbonyl (C=O) groups is 1. The van der Waals surface area contributed by atoms with E-state index in [1.54, 1.807) is 7.05 Å². The van der Waals surface area contributed by atoms with Gasteiger partial charge in [0.2, 0.25) is 0 Å². The van der Waals surface area contributed by atoms with Crippen LogP contribution >= 0.6 is 0 Å². The SMILES string of the molecule is CC(C)C1C2CCC1c1c(NC(=O)C3(C(F)F)C=CN(C)N3)cccc12. The molecule has 1 heterocycles. The van der Waals surface area contributed by atoms with E-state index >= 15 is 0 Å². The molecule has 1 amide bonds. The Morgan fingerprint density at radius 2 is 2.04 bits per heavy atom. The summed E-state index contributed by atoms with van der Waals surface area (Å²) in [4.78, 5) is 12.8. The van der Waals surface area contributed by atoms with Gasteiger partial charge in [-0.2, -0.15) is 0 Å². The lowest BCUT2D eigenvalue weighted by Crippen LogP contribution is -2.58. The van der Waals surface area contributed by atoms with Crippen LogP contribution in [0.15, 0.2) is 30.5 Å². The van der Waals surface area contributed by atoms with Crippen LogP contribution in [0.2, 0.25) is 0 Å². The number of rotatable bonds is 4. The minimum absolute atomic E-state index is 0.406. The third-order valence-electron chi connectivity index (χ3n) is 6.29. The van der Waals surface area contributed by atoms with Crippen LogP contribution in [0.25, 0.3) is 0 Å². The van der Waals surface area contributed by atoms with Gasteiger partial charge in [-0.3, -0.25) is 4.79 Å². The Bertz CT molecular complexity index is 763. The summed E-state index contributed by atoms with van der Waals surface area (Å²) in [6.07, 6.45) is 2.12. The molecule has 1 saturated carbocycles. The summed E-state index contributed by atoms with van der Waals surface area (Å²) in [7, 11) is 1.60. The molecule has 1 aliphatic heterocycles. The number of anilines is 1. The zero-order valence-corrected chi connectivity index (χ0v) is 15.3. The van der Waals surface area contributed by atoms with E-state index in [1.165, 1.54) is 29.3 Å². The lowest BCUT2D eigenvalue weighted by atomic mass is 9.84. The summed E-state index contributed by atoms with van der Waals surface area (Å²) in [5.41, 5.74) is 3.69. The minimum Gasteiger partial charge on any atom is -0.324 e. The average molecular weight is 361 g/mol. The van der Waals surface area contributed by atoms with E-state index in [0.29, 0.717) is 29.4 Å². The maximum absolute atomic E-state index is 13.7. The molecule has 0 spiro atoms. The molecule has 1 aromatic rings. The second-order valence-corrected chi connectivity index (χ2v) is 8.08. The number of nitrogens with zero attached hydrogens (tertiary/aromatic N) is 1. The molecular weight excluding hydrogens is 336 g/mol. The molecule has 3 aliphatic rings. The van der Waals surface area contributed by atoms with Crippen LogP contribution in [0.1, 0.15) is 49.7 Å². The summed E-state index contributed by atoms with van der Waals surface area (Å²) in [6.45, 7) is 4.49.